The molecular weight excluding hydrogens is 518 g/mol. The largest absolute Gasteiger partial charge is 0.479 e. The lowest BCUT2D eigenvalue weighted by Crippen LogP contribution is -2.56. The first-order chi connectivity index (χ1) is 19.0. The molecule has 3 amide bonds. The number of hydrogen-bond donors (Lipinski definition) is 3. The summed E-state index contributed by atoms with van der Waals surface area (Å²) in [6, 6.07) is 7.62. The van der Waals surface area contributed by atoms with Crippen LogP contribution in [0.2, 0.25) is 0 Å². The summed E-state index contributed by atoms with van der Waals surface area (Å²) < 4.78 is 17.1. The van der Waals surface area contributed by atoms with Crippen LogP contribution in [0, 0.1) is 5.92 Å². The topological polar surface area (TPSA) is 144 Å². The molecule has 1 aromatic rings. The third-order valence-electron chi connectivity index (χ3n) is 7.27. The molecule has 2 fully saturated rings. The quantitative estimate of drug-likeness (QED) is 0.469. The van der Waals surface area contributed by atoms with Crippen LogP contribution < -0.4 is 10.6 Å². The van der Waals surface area contributed by atoms with Crippen LogP contribution in [0.15, 0.2) is 42.5 Å². The van der Waals surface area contributed by atoms with Crippen molar-refractivity contribution in [2.75, 3.05) is 19.8 Å². The number of alkyl carbamates (subject to hydrolysis) is 1. The van der Waals surface area contributed by atoms with Gasteiger partial charge in [0.1, 0.15) is 23.2 Å². The summed E-state index contributed by atoms with van der Waals surface area (Å²) in [5, 5.41) is 15.3. The van der Waals surface area contributed by atoms with Gasteiger partial charge in [0.2, 0.25) is 11.8 Å². The van der Waals surface area contributed by atoms with Crippen molar-refractivity contribution in [3.8, 4) is 0 Å². The number of carboxylic acids is 1. The first-order valence-corrected chi connectivity index (χ1v) is 13.7. The third-order valence-corrected chi connectivity index (χ3v) is 7.27. The van der Waals surface area contributed by atoms with Gasteiger partial charge >= 0.3 is 12.1 Å². The van der Waals surface area contributed by atoms with Crippen molar-refractivity contribution >= 4 is 23.9 Å². The molecular formula is C29H39N3O8. The van der Waals surface area contributed by atoms with Crippen molar-refractivity contribution < 1.29 is 38.5 Å². The van der Waals surface area contributed by atoms with Crippen LogP contribution >= 0.6 is 0 Å². The fourth-order valence-corrected chi connectivity index (χ4v) is 5.13. The number of aliphatic carboxylic acids is 1. The van der Waals surface area contributed by atoms with Crippen LogP contribution in [0.3, 0.4) is 0 Å². The molecule has 1 aromatic carbocycles. The number of nitrogens with zero attached hydrogens (tertiary/aromatic N) is 1. The average molecular weight is 558 g/mol. The normalized spacial score (nSPS) is 29.3. The lowest BCUT2D eigenvalue weighted by atomic mass is 10.1. The highest BCUT2D eigenvalue weighted by Gasteiger charge is 2.61. The number of ether oxygens (including phenoxy) is 3. The highest BCUT2D eigenvalue weighted by molar-refractivity contribution is 5.96. The second-order valence-electron chi connectivity index (χ2n) is 11.6. The summed E-state index contributed by atoms with van der Waals surface area (Å²) in [4.78, 5) is 53.7. The number of amides is 3. The Morgan fingerprint density at radius 1 is 1.23 bits per heavy atom. The van der Waals surface area contributed by atoms with Gasteiger partial charge in [0, 0.05) is 25.5 Å². The zero-order chi connectivity index (χ0) is 28.9. The van der Waals surface area contributed by atoms with Gasteiger partial charge in [-0.2, -0.15) is 0 Å². The molecule has 0 unspecified atom stereocenters. The zero-order valence-electron chi connectivity index (χ0n) is 23.3. The molecule has 0 aromatic heterocycles. The maximum atomic E-state index is 13.9. The van der Waals surface area contributed by atoms with Crippen molar-refractivity contribution in [1.82, 2.24) is 15.5 Å². The van der Waals surface area contributed by atoms with E-state index in [2.05, 4.69) is 10.6 Å². The summed E-state index contributed by atoms with van der Waals surface area (Å²) in [7, 11) is 0. The molecule has 4 rings (SSSR count). The molecule has 0 radical (unpaired) electrons. The van der Waals surface area contributed by atoms with Crippen LogP contribution in [0.5, 0.6) is 0 Å². The van der Waals surface area contributed by atoms with E-state index in [0.29, 0.717) is 19.6 Å². The molecule has 40 heavy (non-hydrogen) atoms. The molecule has 3 N–H and O–H groups in total. The molecule has 1 aliphatic carbocycles. The standard InChI is InChI=1S/C29H39N3O8/c1-28(2,3)40-27(37)30-22-12-8-14-38-13-7-11-20-16-29(20,26(35)36)31-24(33)23-15-21(17-32(23)25(22)34)39-18-19-9-5-4-6-10-19/h4-7,9-11,20-23H,8,12-18H2,1-3H3,(H,30,37)(H,31,33)(H,35,36)/t20-,21-,22+,23+,29-/m1/s1. The summed E-state index contributed by atoms with van der Waals surface area (Å²) in [6.07, 6.45) is 3.49. The number of rotatable bonds is 5. The fourth-order valence-electron chi connectivity index (χ4n) is 5.13. The van der Waals surface area contributed by atoms with Gasteiger partial charge in [-0.3, -0.25) is 9.59 Å². The minimum atomic E-state index is -1.43. The Labute approximate surface area is 234 Å². The van der Waals surface area contributed by atoms with Crippen LogP contribution in [0.25, 0.3) is 0 Å². The first kappa shape index (κ1) is 29.5. The van der Waals surface area contributed by atoms with Crippen molar-refractivity contribution in [2.45, 2.75) is 82.4 Å². The van der Waals surface area contributed by atoms with Crippen molar-refractivity contribution in [3.63, 3.8) is 0 Å². The van der Waals surface area contributed by atoms with E-state index in [1.54, 1.807) is 32.9 Å². The molecule has 1 saturated heterocycles. The van der Waals surface area contributed by atoms with E-state index in [-0.39, 0.29) is 38.3 Å². The van der Waals surface area contributed by atoms with Crippen LogP contribution in [-0.4, -0.2) is 83.0 Å². The van der Waals surface area contributed by atoms with Gasteiger partial charge in [-0.05, 0) is 45.6 Å². The van der Waals surface area contributed by atoms with Gasteiger partial charge in [0.15, 0.2) is 0 Å². The van der Waals surface area contributed by atoms with Crippen molar-refractivity contribution in [3.05, 3.63) is 48.0 Å². The summed E-state index contributed by atoms with van der Waals surface area (Å²) in [6.45, 7) is 6.21. The number of fused-ring (bicyclic) bond motifs is 2. The molecule has 3 aliphatic rings. The Morgan fingerprint density at radius 3 is 2.67 bits per heavy atom. The Kier molecular flexibility index (Phi) is 9.15. The molecule has 2 aliphatic heterocycles. The lowest BCUT2D eigenvalue weighted by molar-refractivity contribution is -0.145. The predicted molar refractivity (Wildman–Crippen MR) is 144 cm³/mol. The molecule has 5 atom stereocenters. The summed E-state index contributed by atoms with van der Waals surface area (Å²) in [5.74, 6) is -2.51. The van der Waals surface area contributed by atoms with E-state index in [9.17, 15) is 24.3 Å². The van der Waals surface area contributed by atoms with E-state index < -0.39 is 53.2 Å². The molecule has 2 heterocycles. The van der Waals surface area contributed by atoms with Gasteiger partial charge < -0.3 is 34.9 Å². The number of hydrogen-bond acceptors (Lipinski definition) is 7. The Hall–Kier alpha value is -3.44. The van der Waals surface area contributed by atoms with Crippen molar-refractivity contribution in [2.24, 2.45) is 5.92 Å². The molecule has 218 valence electrons. The van der Waals surface area contributed by atoms with Crippen LogP contribution in [-0.2, 0) is 35.2 Å². The van der Waals surface area contributed by atoms with Gasteiger partial charge in [-0.25, -0.2) is 9.59 Å². The monoisotopic (exact) mass is 557 g/mol. The molecule has 11 nitrogen and oxygen atoms in total. The zero-order valence-corrected chi connectivity index (χ0v) is 23.3. The molecule has 1 saturated carbocycles. The molecule has 11 heteroatoms. The first-order valence-electron chi connectivity index (χ1n) is 13.7. The Bertz CT molecular complexity index is 1120. The highest BCUT2D eigenvalue weighted by Crippen LogP contribution is 2.45. The minimum absolute atomic E-state index is 0.121. The number of carboxylic acid groups (broad SMARTS) is 1. The number of nitrogens with one attached hydrogen (secondary N) is 2. The summed E-state index contributed by atoms with van der Waals surface area (Å²) in [5.41, 5.74) is -1.25. The minimum Gasteiger partial charge on any atom is -0.479 e. The fraction of sp³-hybridized carbons (Fsp3) is 0.586. The maximum Gasteiger partial charge on any atom is 0.408 e. The van der Waals surface area contributed by atoms with Crippen LogP contribution in [0.4, 0.5) is 4.79 Å². The molecule has 0 spiro atoms. The lowest BCUT2D eigenvalue weighted by Gasteiger charge is -2.30. The number of benzene rings is 1. The van der Waals surface area contributed by atoms with E-state index in [1.165, 1.54) is 4.90 Å². The van der Waals surface area contributed by atoms with E-state index in [1.807, 2.05) is 30.3 Å². The Balaban J connectivity index is 1.57. The third kappa shape index (κ3) is 7.39. The summed E-state index contributed by atoms with van der Waals surface area (Å²) >= 11 is 0. The van der Waals surface area contributed by atoms with Crippen LogP contribution in [0.1, 0.15) is 52.0 Å². The van der Waals surface area contributed by atoms with Gasteiger partial charge in [-0.1, -0.05) is 42.5 Å². The predicted octanol–water partition coefficient (Wildman–Crippen LogP) is 2.39. The molecule has 0 bridgehead atoms. The van der Waals surface area contributed by atoms with E-state index in [0.717, 1.165) is 5.56 Å². The van der Waals surface area contributed by atoms with Crippen molar-refractivity contribution in [1.29, 1.82) is 0 Å². The number of carbonyl (C=O) groups excluding carboxylic acids is 3. The van der Waals surface area contributed by atoms with Gasteiger partial charge in [0.25, 0.3) is 0 Å². The smallest absolute Gasteiger partial charge is 0.408 e. The second kappa shape index (κ2) is 12.4. The van der Waals surface area contributed by atoms with E-state index in [4.69, 9.17) is 14.2 Å². The highest BCUT2D eigenvalue weighted by atomic mass is 16.6. The SMILES string of the molecule is CC(C)(C)OC(=O)N[C@H]1CCCOCC=C[C@@H]2C[C@@]2(C(=O)O)NC(=O)[C@@H]2C[C@@H](OCc3ccccc3)CN2C1=O. The Morgan fingerprint density at radius 2 is 1.98 bits per heavy atom. The second-order valence-corrected chi connectivity index (χ2v) is 11.6. The van der Waals surface area contributed by atoms with E-state index >= 15 is 0 Å². The maximum absolute atomic E-state index is 13.9. The number of carbonyl (C=O) groups is 4. The average Bonchev–Trinajstić information content (AvgIpc) is 3.41. The van der Waals surface area contributed by atoms with Gasteiger partial charge in [0.05, 0.1) is 19.3 Å². The van der Waals surface area contributed by atoms with Gasteiger partial charge in [-0.15, -0.1) is 0 Å².